The van der Waals surface area contributed by atoms with Crippen LogP contribution in [0, 0.1) is 0 Å². The molecule has 0 spiro atoms. The van der Waals surface area contributed by atoms with E-state index in [1.807, 2.05) is 36.5 Å². The molecule has 0 aliphatic carbocycles. The van der Waals surface area contributed by atoms with Gasteiger partial charge in [-0.3, -0.25) is 4.79 Å². The van der Waals surface area contributed by atoms with Gasteiger partial charge in [0.1, 0.15) is 0 Å². The summed E-state index contributed by atoms with van der Waals surface area (Å²) < 4.78 is 0. The molecule has 0 atom stereocenters. The van der Waals surface area contributed by atoms with Gasteiger partial charge < -0.3 is 4.90 Å². The lowest BCUT2D eigenvalue weighted by Crippen LogP contribution is -2.30. The van der Waals surface area contributed by atoms with Crippen LogP contribution in [0.3, 0.4) is 0 Å². The molecule has 1 aliphatic heterocycles. The molecule has 1 amide bonds. The quantitative estimate of drug-likeness (QED) is 0.749. The van der Waals surface area contributed by atoms with E-state index < -0.39 is 0 Å². The largest absolute Gasteiger partial charge is 0.340 e. The molecule has 4 nitrogen and oxygen atoms in total. The third-order valence-corrected chi connectivity index (χ3v) is 3.14. The Kier molecular flexibility index (Phi) is 2.76. The lowest BCUT2D eigenvalue weighted by Gasteiger charge is -2.24. The highest BCUT2D eigenvalue weighted by Crippen LogP contribution is 2.19. The van der Waals surface area contributed by atoms with Crippen LogP contribution in [0.15, 0.2) is 36.5 Å². The second-order valence-corrected chi connectivity index (χ2v) is 4.36. The third kappa shape index (κ3) is 1.97. The Balaban J connectivity index is 1.95. The van der Waals surface area contributed by atoms with E-state index in [1.165, 1.54) is 0 Å². The summed E-state index contributed by atoms with van der Waals surface area (Å²) in [6.07, 6.45) is 3.52. The van der Waals surface area contributed by atoms with Crippen LogP contribution in [-0.4, -0.2) is 27.8 Å². The first-order valence-corrected chi connectivity index (χ1v) is 5.96. The van der Waals surface area contributed by atoms with E-state index in [0.717, 1.165) is 42.0 Å². The molecule has 0 N–H and O–H groups in total. The summed E-state index contributed by atoms with van der Waals surface area (Å²) in [7, 11) is 0. The average Bonchev–Trinajstić information content (AvgIpc) is 2.47. The summed E-state index contributed by atoms with van der Waals surface area (Å²) in [5, 5.41) is 0. The maximum atomic E-state index is 10.7. The molecule has 0 radical (unpaired) electrons. The maximum Gasteiger partial charge on any atom is 0.210 e. The number of hydrogen-bond acceptors (Lipinski definition) is 3. The number of benzene rings is 1. The zero-order valence-electron chi connectivity index (χ0n) is 9.91. The zero-order chi connectivity index (χ0) is 12.4. The summed E-state index contributed by atoms with van der Waals surface area (Å²) in [6.45, 7) is 1.36. The molecule has 1 aromatic heterocycles. The van der Waals surface area contributed by atoms with Crippen molar-refractivity contribution < 1.29 is 4.79 Å². The topological polar surface area (TPSA) is 46.1 Å². The maximum absolute atomic E-state index is 10.7. The molecule has 18 heavy (non-hydrogen) atoms. The van der Waals surface area contributed by atoms with E-state index in [4.69, 9.17) is 0 Å². The van der Waals surface area contributed by atoms with Gasteiger partial charge in [-0.2, -0.15) is 0 Å². The number of nitrogens with zero attached hydrogens (tertiary/aromatic N) is 3. The van der Waals surface area contributed by atoms with E-state index in [2.05, 4.69) is 9.97 Å². The Labute approximate surface area is 105 Å². The smallest absolute Gasteiger partial charge is 0.210 e. The van der Waals surface area contributed by atoms with E-state index in [9.17, 15) is 4.79 Å². The first-order valence-electron chi connectivity index (χ1n) is 5.96. The minimum atomic E-state index is 0.619. The van der Waals surface area contributed by atoms with Crippen molar-refractivity contribution in [3.05, 3.63) is 47.8 Å². The Morgan fingerprint density at radius 1 is 1.22 bits per heavy atom. The minimum Gasteiger partial charge on any atom is -0.340 e. The summed E-state index contributed by atoms with van der Waals surface area (Å²) in [5.74, 6) is 0.758. The Morgan fingerprint density at radius 3 is 2.83 bits per heavy atom. The molecule has 2 heterocycles. The van der Waals surface area contributed by atoms with Crippen LogP contribution in [0.25, 0.3) is 11.4 Å². The van der Waals surface area contributed by atoms with Crippen LogP contribution in [0.1, 0.15) is 11.3 Å². The fourth-order valence-electron chi connectivity index (χ4n) is 2.15. The number of fused-ring (bicyclic) bond motifs is 1. The molecular formula is C14H13N3O. The monoisotopic (exact) mass is 239 g/mol. The predicted molar refractivity (Wildman–Crippen MR) is 67.6 cm³/mol. The van der Waals surface area contributed by atoms with Gasteiger partial charge in [0, 0.05) is 36.8 Å². The first kappa shape index (κ1) is 10.9. The van der Waals surface area contributed by atoms with Crippen LogP contribution in [-0.2, 0) is 17.8 Å². The van der Waals surface area contributed by atoms with E-state index in [1.54, 1.807) is 4.90 Å². The van der Waals surface area contributed by atoms with Gasteiger partial charge in [0.2, 0.25) is 6.41 Å². The highest BCUT2D eigenvalue weighted by molar-refractivity contribution is 5.55. The number of aromatic nitrogens is 2. The molecule has 0 fully saturated rings. The van der Waals surface area contributed by atoms with Gasteiger partial charge in [0.05, 0.1) is 5.69 Å². The SMILES string of the molecule is O=CN1CCc2nc(-c3ccccc3)ncc2C1. The van der Waals surface area contributed by atoms with E-state index in [0.29, 0.717) is 6.54 Å². The molecule has 0 saturated heterocycles. The molecule has 3 rings (SSSR count). The fourth-order valence-corrected chi connectivity index (χ4v) is 2.15. The van der Waals surface area contributed by atoms with Crippen molar-refractivity contribution in [3.63, 3.8) is 0 Å². The van der Waals surface area contributed by atoms with Crippen LogP contribution < -0.4 is 0 Å². The van der Waals surface area contributed by atoms with E-state index in [-0.39, 0.29) is 0 Å². The minimum absolute atomic E-state index is 0.619. The predicted octanol–water partition coefficient (Wildman–Crippen LogP) is 1.66. The molecule has 0 bridgehead atoms. The van der Waals surface area contributed by atoms with Gasteiger partial charge in [-0.25, -0.2) is 9.97 Å². The standard InChI is InChI=1S/C14H13N3O/c18-10-17-7-6-13-12(9-17)8-15-14(16-13)11-4-2-1-3-5-11/h1-5,8,10H,6-7,9H2. The molecule has 0 saturated carbocycles. The summed E-state index contributed by atoms with van der Waals surface area (Å²) in [5.41, 5.74) is 3.13. The van der Waals surface area contributed by atoms with E-state index >= 15 is 0 Å². The summed E-state index contributed by atoms with van der Waals surface area (Å²) >= 11 is 0. The van der Waals surface area contributed by atoms with Gasteiger partial charge >= 0.3 is 0 Å². The van der Waals surface area contributed by atoms with Crippen molar-refractivity contribution in [2.75, 3.05) is 6.54 Å². The van der Waals surface area contributed by atoms with Crippen molar-refractivity contribution >= 4 is 6.41 Å². The third-order valence-electron chi connectivity index (χ3n) is 3.14. The average molecular weight is 239 g/mol. The van der Waals surface area contributed by atoms with Crippen LogP contribution in [0.5, 0.6) is 0 Å². The molecule has 4 heteroatoms. The molecule has 1 aliphatic rings. The molecule has 2 aromatic rings. The van der Waals surface area contributed by atoms with Crippen LogP contribution in [0.2, 0.25) is 0 Å². The molecule has 0 unspecified atom stereocenters. The molecule has 90 valence electrons. The van der Waals surface area contributed by atoms with Gasteiger partial charge in [0.15, 0.2) is 5.82 Å². The first-order chi connectivity index (χ1) is 8.86. The van der Waals surface area contributed by atoms with Gasteiger partial charge in [-0.05, 0) is 0 Å². The molecule has 1 aromatic carbocycles. The number of hydrogen-bond donors (Lipinski definition) is 0. The normalized spacial score (nSPS) is 14.1. The van der Waals surface area contributed by atoms with Crippen molar-refractivity contribution in [2.45, 2.75) is 13.0 Å². The lowest BCUT2D eigenvalue weighted by atomic mass is 10.1. The number of rotatable bonds is 2. The number of carbonyl (C=O) groups is 1. The van der Waals surface area contributed by atoms with Crippen molar-refractivity contribution in [1.29, 1.82) is 0 Å². The Bertz CT molecular complexity index is 569. The van der Waals surface area contributed by atoms with Crippen molar-refractivity contribution in [3.8, 4) is 11.4 Å². The lowest BCUT2D eigenvalue weighted by molar-refractivity contribution is -0.118. The summed E-state index contributed by atoms with van der Waals surface area (Å²) in [6, 6.07) is 9.94. The van der Waals surface area contributed by atoms with Crippen molar-refractivity contribution in [2.24, 2.45) is 0 Å². The number of carbonyl (C=O) groups excluding carboxylic acids is 1. The highest BCUT2D eigenvalue weighted by Gasteiger charge is 2.17. The van der Waals surface area contributed by atoms with Crippen molar-refractivity contribution in [1.82, 2.24) is 14.9 Å². The van der Waals surface area contributed by atoms with Gasteiger partial charge in [-0.15, -0.1) is 0 Å². The fraction of sp³-hybridized carbons (Fsp3) is 0.214. The second-order valence-electron chi connectivity index (χ2n) is 4.36. The second kappa shape index (κ2) is 4.56. The van der Waals surface area contributed by atoms with Gasteiger partial charge in [-0.1, -0.05) is 30.3 Å². The highest BCUT2D eigenvalue weighted by atomic mass is 16.1. The Morgan fingerprint density at radius 2 is 2.06 bits per heavy atom. The Hall–Kier alpha value is -2.23. The van der Waals surface area contributed by atoms with Crippen LogP contribution in [0.4, 0.5) is 0 Å². The molecular weight excluding hydrogens is 226 g/mol. The van der Waals surface area contributed by atoms with Crippen LogP contribution >= 0.6 is 0 Å². The van der Waals surface area contributed by atoms with Gasteiger partial charge in [0.25, 0.3) is 0 Å². The number of amides is 1. The summed E-state index contributed by atoms with van der Waals surface area (Å²) in [4.78, 5) is 21.5. The zero-order valence-corrected chi connectivity index (χ0v) is 9.91.